The molecule has 2 aromatic carbocycles. The maximum Gasteiger partial charge on any atom is 0.238 e. The van der Waals surface area contributed by atoms with Gasteiger partial charge < -0.3 is 5.32 Å². The lowest BCUT2D eigenvalue weighted by Gasteiger charge is -2.28. The molecule has 1 heterocycles. The fourth-order valence-corrected chi connectivity index (χ4v) is 3.85. The number of rotatable bonds is 3. The Morgan fingerprint density at radius 1 is 1.22 bits per heavy atom. The smallest absolute Gasteiger partial charge is 0.238 e. The second-order valence-corrected chi connectivity index (χ2v) is 8.03. The summed E-state index contributed by atoms with van der Waals surface area (Å²) >= 11 is 7.25. The van der Waals surface area contributed by atoms with Crippen LogP contribution in [-0.4, -0.2) is 34.2 Å². The maximum absolute atomic E-state index is 12.6. The van der Waals surface area contributed by atoms with Crippen LogP contribution in [0, 0.1) is 13.8 Å². The van der Waals surface area contributed by atoms with Crippen molar-refractivity contribution in [3.05, 3.63) is 58.6 Å². The zero-order valence-electron chi connectivity index (χ0n) is 15.3. The normalized spacial score (nSPS) is 18.7. The minimum absolute atomic E-state index is 0.125. The summed E-state index contributed by atoms with van der Waals surface area (Å²) in [5.74, 6) is -0.376. The van der Waals surface area contributed by atoms with Crippen LogP contribution in [0.4, 0.5) is 11.4 Å². The van der Waals surface area contributed by atoms with Crippen LogP contribution in [0.25, 0.3) is 0 Å². The number of benzene rings is 2. The quantitative estimate of drug-likeness (QED) is 0.820. The SMILES string of the molecule is Cc1ccc(N=C2S[C@H](C(=O)Nc3cccc(Cl)c3)CC(=O)N2C)cc1C. The fourth-order valence-electron chi connectivity index (χ4n) is 2.59. The maximum atomic E-state index is 12.6. The number of amides is 2. The van der Waals surface area contributed by atoms with Gasteiger partial charge in [0.05, 0.1) is 5.69 Å². The van der Waals surface area contributed by atoms with Crippen LogP contribution in [0.15, 0.2) is 47.5 Å². The van der Waals surface area contributed by atoms with Gasteiger partial charge in [0.25, 0.3) is 0 Å². The second-order valence-electron chi connectivity index (χ2n) is 6.43. The Kier molecular flexibility index (Phi) is 5.87. The Morgan fingerprint density at radius 2 is 2.00 bits per heavy atom. The lowest BCUT2D eigenvalue weighted by atomic mass is 10.1. The van der Waals surface area contributed by atoms with Crippen molar-refractivity contribution in [2.75, 3.05) is 12.4 Å². The van der Waals surface area contributed by atoms with Crippen LogP contribution in [0.1, 0.15) is 17.5 Å². The number of hydrogen-bond acceptors (Lipinski definition) is 4. The van der Waals surface area contributed by atoms with Crippen LogP contribution in [-0.2, 0) is 9.59 Å². The van der Waals surface area contributed by atoms with Crippen molar-refractivity contribution in [1.29, 1.82) is 0 Å². The van der Waals surface area contributed by atoms with Gasteiger partial charge in [-0.3, -0.25) is 14.5 Å². The van der Waals surface area contributed by atoms with Crippen LogP contribution in [0.3, 0.4) is 0 Å². The van der Waals surface area contributed by atoms with Crippen LogP contribution < -0.4 is 5.32 Å². The van der Waals surface area contributed by atoms with Gasteiger partial charge in [-0.25, -0.2) is 4.99 Å². The van der Waals surface area contributed by atoms with Gasteiger partial charge in [-0.2, -0.15) is 0 Å². The molecule has 2 aromatic rings. The molecule has 140 valence electrons. The molecule has 1 fully saturated rings. The molecule has 0 spiro atoms. The highest BCUT2D eigenvalue weighted by molar-refractivity contribution is 8.15. The first-order chi connectivity index (χ1) is 12.8. The van der Waals surface area contributed by atoms with Crippen LogP contribution in [0.2, 0.25) is 5.02 Å². The number of aliphatic imine (C=N–C) groups is 1. The first kappa shape index (κ1) is 19.5. The lowest BCUT2D eigenvalue weighted by molar-refractivity contribution is -0.128. The van der Waals surface area contributed by atoms with E-state index < -0.39 is 5.25 Å². The molecule has 27 heavy (non-hydrogen) atoms. The summed E-state index contributed by atoms with van der Waals surface area (Å²) in [6.07, 6.45) is 0.125. The van der Waals surface area contributed by atoms with E-state index >= 15 is 0 Å². The summed E-state index contributed by atoms with van der Waals surface area (Å²) in [6.45, 7) is 4.05. The molecule has 2 amide bonds. The van der Waals surface area contributed by atoms with Crippen molar-refractivity contribution < 1.29 is 9.59 Å². The first-order valence-electron chi connectivity index (χ1n) is 8.49. The molecule has 0 radical (unpaired) electrons. The number of aryl methyl sites for hydroxylation is 2. The number of nitrogens with one attached hydrogen (secondary N) is 1. The molecule has 1 aliphatic heterocycles. The van der Waals surface area contributed by atoms with E-state index in [0.717, 1.165) is 11.3 Å². The summed E-state index contributed by atoms with van der Waals surface area (Å²) < 4.78 is 0. The van der Waals surface area contributed by atoms with E-state index in [1.165, 1.54) is 22.2 Å². The van der Waals surface area contributed by atoms with Gasteiger partial charge in [-0.05, 0) is 55.3 Å². The van der Waals surface area contributed by atoms with Crippen molar-refractivity contribution in [1.82, 2.24) is 4.90 Å². The van der Waals surface area contributed by atoms with Crippen molar-refractivity contribution >= 4 is 51.7 Å². The summed E-state index contributed by atoms with van der Waals surface area (Å²) in [7, 11) is 1.68. The highest BCUT2D eigenvalue weighted by Crippen LogP contribution is 2.29. The second kappa shape index (κ2) is 8.15. The molecule has 3 rings (SSSR count). The summed E-state index contributed by atoms with van der Waals surface area (Å²) in [6, 6.07) is 12.8. The Labute approximate surface area is 167 Å². The van der Waals surface area contributed by atoms with Gasteiger partial charge in [0.2, 0.25) is 11.8 Å². The number of carbonyl (C=O) groups is 2. The number of carbonyl (C=O) groups excluding carboxylic acids is 2. The number of thioether (sulfide) groups is 1. The highest BCUT2D eigenvalue weighted by atomic mass is 35.5. The molecular formula is C20H20ClN3O2S. The monoisotopic (exact) mass is 401 g/mol. The Morgan fingerprint density at radius 3 is 2.70 bits per heavy atom. The molecule has 0 bridgehead atoms. The van der Waals surface area contributed by atoms with Gasteiger partial charge in [0.15, 0.2) is 5.17 Å². The van der Waals surface area contributed by atoms with Crippen molar-refractivity contribution in [2.45, 2.75) is 25.5 Å². The number of hydrogen-bond donors (Lipinski definition) is 1. The predicted molar refractivity (Wildman–Crippen MR) is 112 cm³/mol. The Bertz CT molecular complexity index is 929. The molecule has 7 heteroatoms. The highest BCUT2D eigenvalue weighted by Gasteiger charge is 2.34. The van der Waals surface area contributed by atoms with Gasteiger partial charge in [0, 0.05) is 24.2 Å². The zero-order chi connectivity index (χ0) is 19.6. The lowest BCUT2D eigenvalue weighted by Crippen LogP contribution is -2.43. The van der Waals surface area contributed by atoms with Gasteiger partial charge >= 0.3 is 0 Å². The molecule has 5 nitrogen and oxygen atoms in total. The molecule has 1 N–H and O–H groups in total. The minimum Gasteiger partial charge on any atom is -0.325 e. The van der Waals surface area contributed by atoms with E-state index in [1.807, 2.05) is 32.0 Å². The predicted octanol–water partition coefficient (Wildman–Crippen LogP) is 4.55. The molecule has 0 aromatic heterocycles. The molecular weight excluding hydrogens is 382 g/mol. The summed E-state index contributed by atoms with van der Waals surface area (Å²) in [5.41, 5.74) is 3.67. The number of anilines is 1. The molecule has 1 atom stereocenters. The molecule has 1 saturated heterocycles. The Balaban J connectivity index is 1.80. The third-order valence-corrected chi connectivity index (χ3v) is 5.84. The van der Waals surface area contributed by atoms with Crippen molar-refractivity contribution in [3.63, 3.8) is 0 Å². The zero-order valence-corrected chi connectivity index (χ0v) is 16.9. The van der Waals surface area contributed by atoms with Crippen molar-refractivity contribution in [3.8, 4) is 0 Å². The van der Waals surface area contributed by atoms with E-state index in [9.17, 15) is 9.59 Å². The summed E-state index contributed by atoms with van der Waals surface area (Å²) in [5, 5.41) is 3.33. The standard InChI is InChI=1S/C20H20ClN3O2S/c1-12-7-8-16(9-13(12)2)23-20-24(3)18(25)11-17(27-20)19(26)22-15-6-4-5-14(21)10-15/h4-10,17H,11H2,1-3H3,(H,22,26)/t17-/m0/s1. The summed E-state index contributed by atoms with van der Waals surface area (Å²) in [4.78, 5) is 31.1. The van der Waals surface area contributed by atoms with E-state index in [0.29, 0.717) is 15.9 Å². The van der Waals surface area contributed by atoms with Crippen LogP contribution >= 0.6 is 23.4 Å². The fraction of sp³-hybridized carbons (Fsp3) is 0.250. The number of nitrogens with zero attached hydrogens (tertiary/aromatic N) is 2. The van der Waals surface area contributed by atoms with Gasteiger partial charge in [0.1, 0.15) is 5.25 Å². The van der Waals surface area contributed by atoms with E-state index in [-0.39, 0.29) is 18.2 Å². The average Bonchev–Trinajstić information content (AvgIpc) is 2.62. The third-order valence-electron chi connectivity index (χ3n) is 4.37. The van der Waals surface area contributed by atoms with E-state index in [2.05, 4.69) is 10.3 Å². The van der Waals surface area contributed by atoms with Gasteiger partial charge in [-0.15, -0.1) is 0 Å². The number of amidine groups is 1. The van der Waals surface area contributed by atoms with Crippen molar-refractivity contribution in [2.24, 2.45) is 4.99 Å². The van der Waals surface area contributed by atoms with E-state index in [4.69, 9.17) is 11.6 Å². The Hall–Kier alpha value is -2.31. The van der Waals surface area contributed by atoms with Gasteiger partial charge in [-0.1, -0.05) is 35.5 Å². The molecule has 0 saturated carbocycles. The van der Waals surface area contributed by atoms with E-state index in [1.54, 1.807) is 31.3 Å². The average molecular weight is 402 g/mol. The first-order valence-corrected chi connectivity index (χ1v) is 9.75. The molecule has 1 aliphatic rings. The third kappa shape index (κ3) is 4.70. The topological polar surface area (TPSA) is 61.8 Å². The molecule has 0 aliphatic carbocycles. The molecule has 0 unspecified atom stereocenters. The minimum atomic E-state index is -0.544. The largest absolute Gasteiger partial charge is 0.325 e. The van der Waals surface area contributed by atoms with Crippen LogP contribution in [0.5, 0.6) is 0 Å². The number of halogens is 1.